The normalized spacial score (nSPS) is 21.0. The number of amides is 3. The second kappa shape index (κ2) is 4.91. The SMILES string of the molecule is CC(C)CC1C(=O)NC(=O)N1CCC=O. The second-order valence-electron chi connectivity index (χ2n) is 4.09. The van der Waals surface area contributed by atoms with Crippen LogP contribution in [0.5, 0.6) is 0 Å². The highest BCUT2D eigenvalue weighted by molar-refractivity contribution is 6.04. The lowest BCUT2D eigenvalue weighted by Crippen LogP contribution is -2.36. The highest BCUT2D eigenvalue weighted by Crippen LogP contribution is 2.16. The van der Waals surface area contributed by atoms with Crippen molar-refractivity contribution in [2.45, 2.75) is 32.7 Å². The van der Waals surface area contributed by atoms with Crippen LogP contribution in [-0.2, 0) is 9.59 Å². The van der Waals surface area contributed by atoms with Crippen molar-refractivity contribution in [3.05, 3.63) is 0 Å². The average molecular weight is 212 g/mol. The van der Waals surface area contributed by atoms with Gasteiger partial charge in [0, 0.05) is 13.0 Å². The number of carbonyl (C=O) groups excluding carboxylic acids is 3. The molecule has 0 aromatic heterocycles. The van der Waals surface area contributed by atoms with Gasteiger partial charge in [-0.05, 0) is 12.3 Å². The third kappa shape index (κ3) is 2.78. The zero-order valence-corrected chi connectivity index (χ0v) is 9.03. The van der Waals surface area contributed by atoms with Crippen molar-refractivity contribution in [2.75, 3.05) is 6.54 Å². The number of nitrogens with one attached hydrogen (secondary N) is 1. The predicted molar refractivity (Wildman–Crippen MR) is 54.2 cm³/mol. The summed E-state index contributed by atoms with van der Waals surface area (Å²) < 4.78 is 0. The molecule has 1 rings (SSSR count). The van der Waals surface area contributed by atoms with Crippen molar-refractivity contribution in [1.82, 2.24) is 10.2 Å². The Morgan fingerprint density at radius 1 is 1.47 bits per heavy atom. The molecule has 0 bridgehead atoms. The molecule has 1 aliphatic heterocycles. The van der Waals surface area contributed by atoms with Crippen molar-refractivity contribution >= 4 is 18.2 Å². The van der Waals surface area contributed by atoms with Crippen molar-refractivity contribution in [2.24, 2.45) is 5.92 Å². The molecule has 1 N–H and O–H groups in total. The smallest absolute Gasteiger partial charge is 0.312 e. The fraction of sp³-hybridized carbons (Fsp3) is 0.700. The Morgan fingerprint density at radius 3 is 2.67 bits per heavy atom. The van der Waals surface area contributed by atoms with Crippen LogP contribution in [0.3, 0.4) is 0 Å². The average Bonchev–Trinajstić information content (AvgIpc) is 2.39. The Bertz CT molecular complexity index is 276. The zero-order valence-electron chi connectivity index (χ0n) is 9.03. The number of aldehydes is 1. The van der Waals surface area contributed by atoms with Crippen LogP contribution in [0.25, 0.3) is 0 Å². The number of nitrogens with zero attached hydrogens (tertiary/aromatic N) is 1. The third-order valence-corrected chi connectivity index (χ3v) is 2.35. The minimum Gasteiger partial charge on any atom is -0.312 e. The Balaban J connectivity index is 2.66. The second-order valence-corrected chi connectivity index (χ2v) is 4.09. The molecule has 0 radical (unpaired) electrons. The summed E-state index contributed by atoms with van der Waals surface area (Å²) in [5, 5.41) is 2.26. The first-order valence-corrected chi connectivity index (χ1v) is 5.11. The van der Waals surface area contributed by atoms with Gasteiger partial charge in [-0.3, -0.25) is 10.1 Å². The molecule has 3 amide bonds. The van der Waals surface area contributed by atoms with Crippen LogP contribution < -0.4 is 5.32 Å². The van der Waals surface area contributed by atoms with E-state index in [1.54, 1.807) is 0 Å². The first-order chi connectivity index (χ1) is 7.06. The molecule has 84 valence electrons. The Kier molecular flexibility index (Phi) is 3.82. The lowest BCUT2D eigenvalue weighted by atomic mass is 10.0. The minimum atomic E-state index is -0.405. The van der Waals surface area contributed by atoms with Gasteiger partial charge in [0.1, 0.15) is 12.3 Å². The molecule has 1 fully saturated rings. The molecule has 1 heterocycles. The summed E-state index contributed by atoms with van der Waals surface area (Å²) in [6.45, 7) is 4.31. The molecule has 0 aromatic rings. The van der Waals surface area contributed by atoms with E-state index in [0.717, 1.165) is 6.29 Å². The molecule has 0 saturated carbocycles. The predicted octanol–water partition coefficient (Wildman–Crippen LogP) is 0.542. The maximum absolute atomic E-state index is 11.4. The van der Waals surface area contributed by atoms with Crippen LogP contribution >= 0.6 is 0 Å². The molecule has 0 spiro atoms. The lowest BCUT2D eigenvalue weighted by Gasteiger charge is -2.21. The van der Waals surface area contributed by atoms with E-state index in [9.17, 15) is 14.4 Å². The first kappa shape index (κ1) is 11.7. The van der Waals surface area contributed by atoms with Crippen LogP contribution in [0.2, 0.25) is 0 Å². The topological polar surface area (TPSA) is 66.5 Å². The van der Waals surface area contributed by atoms with E-state index < -0.39 is 6.04 Å². The molecule has 1 saturated heterocycles. The largest absolute Gasteiger partial charge is 0.324 e. The number of rotatable bonds is 5. The molecule has 0 aromatic carbocycles. The van der Waals surface area contributed by atoms with Crippen molar-refractivity contribution < 1.29 is 14.4 Å². The fourth-order valence-corrected chi connectivity index (χ4v) is 1.67. The minimum absolute atomic E-state index is 0.250. The maximum atomic E-state index is 11.4. The first-order valence-electron chi connectivity index (χ1n) is 5.11. The summed E-state index contributed by atoms with van der Waals surface area (Å²) in [5.74, 6) is 0.0879. The van der Waals surface area contributed by atoms with Crippen molar-refractivity contribution in [3.8, 4) is 0 Å². The molecule has 5 nitrogen and oxygen atoms in total. The van der Waals surface area contributed by atoms with E-state index in [1.807, 2.05) is 13.8 Å². The molecule has 15 heavy (non-hydrogen) atoms. The zero-order chi connectivity index (χ0) is 11.4. The molecule has 1 atom stereocenters. The van der Waals surface area contributed by atoms with Gasteiger partial charge in [0.2, 0.25) is 0 Å². The summed E-state index contributed by atoms with van der Waals surface area (Å²) in [5.41, 5.74) is 0. The summed E-state index contributed by atoms with van der Waals surface area (Å²) >= 11 is 0. The van der Waals surface area contributed by atoms with Gasteiger partial charge in [-0.25, -0.2) is 4.79 Å². The molecule has 1 unspecified atom stereocenters. The quantitative estimate of drug-likeness (QED) is 0.534. The monoisotopic (exact) mass is 212 g/mol. The highest BCUT2D eigenvalue weighted by atomic mass is 16.2. The highest BCUT2D eigenvalue weighted by Gasteiger charge is 2.37. The lowest BCUT2D eigenvalue weighted by molar-refractivity contribution is -0.122. The molecule has 1 aliphatic rings. The van der Waals surface area contributed by atoms with Crippen molar-refractivity contribution in [1.29, 1.82) is 0 Å². The van der Waals surface area contributed by atoms with Gasteiger partial charge in [0.05, 0.1) is 0 Å². The Labute approximate surface area is 88.8 Å². The van der Waals surface area contributed by atoms with E-state index in [0.29, 0.717) is 18.9 Å². The Morgan fingerprint density at radius 2 is 2.13 bits per heavy atom. The van der Waals surface area contributed by atoms with Crippen LogP contribution in [0.1, 0.15) is 26.7 Å². The molecule has 5 heteroatoms. The number of hydrogen-bond acceptors (Lipinski definition) is 3. The van der Waals surface area contributed by atoms with Crippen LogP contribution in [0, 0.1) is 5.92 Å². The van der Waals surface area contributed by atoms with Crippen LogP contribution in [0.4, 0.5) is 4.79 Å². The summed E-state index contributed by atoms with van der Waals surface area (Å²) in [7, 11) is 0. The molecule has 0 aliphatic carbocycles. The van der Waals surface area contributed by atoms with Gasteiger partial charge in [0.15, 0.2) is 0 Å². The van der Waals surface area contributed by atoms with Gasteiger partial charge in [-0.1, -0.05) is 13.8 Å². The number of hydrogen-bond donors (Lipinski definition) is 1. The number of carbonyl (C=O) groups is 3. The Hall–Kier alpha value is -1.39. The van der Waals surface area contributed by atoms with E-state index in [-0.39, 0.29) is 18.4 Å². The fourth-order valence-electron chi connectivity index (χ4n) is 1.67. The number of urea groups is 1. The third-order valence-electron chi connectivity index (χ3n) is 2.35. The van der Waals surface area contributed by atoms with Gasteiger partial charge in [-0.15, -0.1) is 0 Å². The summed E-state index contributed by atoms with van der Waals surface area (Å²) in [6.07, 6.45) is 1.66. The number of imide groups is 1. The van der Waals surface area contributed by atoms with E-state index in [1.165, 1.54) is 4.90 Å². The van der Waals surface area contributed by atoms with Gasteiger partial charge in [0.25, 0.3) is 5.91 Å². The van der Waals surface area contributed by atoms with Crippen LogP contribution in [-0.4, -0.2) is 35.7 Å². The van der Waals surface area contributed by atoms with Crippen LogP contribution in [0.15, 0.2) is 0 Å². The molecular weight excluding hydrogens is 196 g/mol. The maximum Gasteiger partial charge on any atom is 0.324 e. The van der Waals surface area contributed by atoms with Crippen molar-refractivity contribution in [3.63, 3.8) is 0 Å². The molecular formula is C10H16N2O3. The van der Waals surface area contributed by atoms with E-state index in [4.69, 9.17) is 0 Å². The van der Waals surface area contributed by atoms with E-state index >= 15 is 0 Å². The van der Waals surface area contributed by atoms with E-state index in [2.05, 4.69) is 5.32 Å². The van der Waals surface area contributed by atoms with Gasteiger partial charge in [-0.2, -0.15) is 0 Å². The standard InChI is InChI=1S/C10H16N2O3/c1-7(2)6-8-9(14)11-10(15)12(8)4-3-5-13/h5,7-8H,3-4,6H2,1-2H3,(H,11,14,15). The van der Waals surface area contributed by atoms with Gasteiger partial charge >= 0.3 is 6.03 Å². The summed E-state index contributed by atoms with van der Waals surface area (Å²) in [6, 6.07) is -0.787. The van der Waals surface area contributed by atoms with Gasteiger partial charge < -0.3 is 9.69 Å². The summed E-state index contributed by atoms with van der Waals surface area (Å²) in [4.78, 5) is 34.5.